The summed E-state index contributed by atoms with van der Waals surface area (Å²) in [6, 6.07) is 0. The van der Waals surface area contributed by atoms with Crippen molar-refractivity contribution < 1.29 is 8.42 Å². The third-order valence-electron chi connectivity index (χ3n) is 0.735. The molecule has 4 heteroatoms. The standard InChI is InChI=1S/C6H9ClO2S/c1-2-3-4-5-6-10(7,8)9/h2-5H,6H2,1H3. The summed E-state index contributed by atoms with van der Waals surface area (Å²) in [6.07, 6.45) is 6.67. The van der Waals surface area contributed by atoms with Crippen molar-refractivity contribution in [3.63, 3.8) is 0 Å². The summed E-state index contributed by atoms with van der Waals surface area (Å²) in [5, 5.41) is 0. The molecule has 0 atom stereocenters. The summed E-state index contributed by atoms with van der Waals surface area (Å²) in [7, 11) is 1.56. The highest BCUT2D eigenvalue weighted by Crippen LogP contribution is 1.95. The molecule has 0 fully saturated rings. The molecule has 0 aromatic heterocycles. The molecule has 0 saturated carbocycles. The van der Waals surface area contributed by atoms with E-state index in [1.54, 1.807) is 18.2 Å². The lowest BCUT2D eigenvalue weighted by molar-refractivity contribution is 0.612. The van der Waals surface area contributed by atoms with Gasteiger partial charge in [-0.25, -0.2) is 8.42 Å². The number of halogens is 1. The van der Waals surface area contributed by atoms with Gasteiger partial charge in [0, 0.05) is 10.7 Å². The second-order valence-electron chi connectivity index (χ2n) is 1.66. The fourth-order valence-electron chi connectivity index (χ4n) is 0.360. The zero-order chi connectivity index (χ0) is 8.04. The third-order valence-corrected chi connectivity index (χ3v) is 1.70. The first-order valence-electron chi connectivity index (χ1n) is 2.76. The van der Waals surface area contributed by atoms with Gasteiger partial charge in [-0.05, 0) is 6.92 Å². The molecule has 0 heterocycles. The number of rotatable bonds is 3. The summed E-state index contributed by atoms with van der Waals surface area (Å²) in [5.74, 6) is -0.112. The molecule has 0 bridgehead atoms. The van der Waals surface area contributed by atoms with E-state index in [1.165, 1.54) is 6.08 Å². The van der Waals surface area contributed by atoms with Crippen LogP contribution in [-0.2, 0) is 9.05 Å². The van der Waals surface area contributed by atoms with Crippen LogP contribution in [0.2, 0.25) is 0 Å². The van der Waals surface area contributed by atoms with E-state index in [0.29, 0.717) is 0 Å². The van der Waals surface area contributed by atoms with Crippen LogP contribution in [0.1, 0.15) is 6.92 Å². The molecule has 0 N–H and O–H groups in total. The molecule has 0 aliphatic rings. The molecule has 0 unspecified atom stereocenters. The van der Waals surface area contributed by atoms with Gasteiger partial charge in [0.1, 0.15) is 0 Å². The molecule has 0 radical (unpaired) electrons. The van der Waals surface area contributed by atoms with Crippen LogP contribution in [-0.4, -0.2) is 14.2 Å². The Kier molecular flexibility index (Phi) is 4.40. The van der Waals surface area contributed by atoms with Crippen LogP contribution in [0, 0.1) is 0 Å². The van der Waals surface area contributed by atoms with Crippen LogP contribution in [0.3, 0.4) is 0 Å². The SMILES string of the molecule is CC=CC=CCS(=O)(=O)Cl. The minimum atomic E-state index is -3.35. The Balaban J connectivity index is 3.76. The summed E-state index contributed by atoms with van der Waals surface area (Å²) < 4.78 is 20.6. The molecule has 0 aliphatic heterocycles. The maximum Gasteiger partial charge on any atom is 0.236 e. The minimum Gasteiger partial charge on any atom is -0.212 e. The van der Waals surface area contributed by atoms with E-state index in [9.17, 15) is 8.42 Å². The fraction of sp³-hybridized carbons (Fsp3) is 0.333. The largest absolute Gasteiger partial charge is 0.236 e. The van der Waals surface area contributed by atoms with Gasteiger partial charge in [0.2, 0.25) is 9.05 Å². The van der Waals surface area contributed by atoms with Crippen molar-refractivity contribution in [2.75, 3.05) is 5.75 Å². The molecule has 0 saturated heterocycles. The van der Waals surface area contributed by atoms with E-state index in [-0.39, 0.29) is 5.75 Å². The fourth-order valence-corrected chi connectivity index (χ4v) is 0.919. The second-order valence-corrected chi connectivity index (χ2v) is 4.48. The molecule has 0 aromatic carbocycles. The van der Waals surface area contributed by atoms with Gasteiger partial charge in [-0.3, -0.25) is 0 Å². The van der Waals surface area contributed by atoms with Gasteiger partial charge in [-0.15, -0.1) is 0 Å². The Morgan fingerprint density at radius 1 is 1.40 bits per heavy atom. The van der Waals surface area contributed by atoms with E-state index < -0.39 is 9.05 Å². The Morgan fingerprint density at radius 3 is 2.40 bits per heavy atom. The Hall–Kier alpha value is -0.280. The third kappa shape index (κ3) is 7.72. The average Bonchev–Trinajstić information content (AvgIpc) is 1.78. The predicted octanol–water partition coefficient (Wildman–Crippen LogP) is 1.69. The average molecular weight is 181 g/mol. The lowest BCUT2D eigenvalue weighted by atomic mass is 10.5. The van der Waals surface area contributed by atoms with Crippen LogP contribution in [0.25, 0.3) is 0 Å². The van der Waals surface area contributed by atoms with Gasteiger partial charge in [0.15, 0.2) is 0 Å². The van der Waals surface area contributed by atoms with Crippen molar-refractivity contribution in [1.29, 1.82) is 0 Å². The summed E-state index contributed by atoms with van der Waals surface area (Å²) in [5.41, 5.74) is 0. The molecule has 0 spiro atoms. The zero-order valence-corrected chi connectivity index (χ0v) is 7.19. The van der Waals surface area contributed by atoms with Crippen LogP contribution < -0.4 is 0 Å². The zero-order valence-electron chi connectivity index (χ0n) is 5.62. The molecular formula is C6H9ClO2S. The second kappa shape index (κ2) is 4.52. The quantitative estimate of drug-likeness (QED) is 0.489. The monoisotopic (exact) mass is 180 g/mol. The molecule has 0 aromatic rings. The summed E-state index contributed by atoms with van der Waals surface area (Å²) in [4.78, 5) is 0. The predicted molar refractivity (Wildman–Crippen MR) is 43.6 cm³/mol. The van der Waals surface area contributed by atoms with Gasteiger partial charge in [-0.1, -0.05) is 24.3 Å². The Bertz CT molecular complexity index is 226. The van der Waals surface area contributed by atoms with Gasteiger partial charge in [-0.2, -0.15) is 0 Å². The maximum atomic E-state index is 10.3. The maximum absolute atomic E-state index is 10.3. The summed E-state index contributed by atoms with van der Waals surface area (Å²) in [6.45, 7) is 1.85. The highest BCUT2D eigenvalue weighted by atomic mass is 35.7. The Morgan fingerprint density at radius 2 is 2.00 bits per heavy atom. The molecule has 0 rings (SSSR count). The topological polar surface area (TPSA) is 34.1 Å². The van der Waals surface area contributed by atoms with Crippen LogP contribution in [0.4, 0.5) is 0 Å². The van der Waals surface area contributed by atoms with Gasteiger partial charge < -0.3 is 0 Å². The van der Waals surface area contributed by atoms with Gasteiger partial charge in [0.25, 0.3) is 0 Å². The molecule has 0 amide bonds. The van der Waals surface area contributed by atoms with Crippen molar-refractivity contribution in [3.8, 4) is 0 Å². The van der Waals surface area contributed by atoms with Crippen LogP contribution in [0.5, 0.6) is 0 Å². The van der Waals surface area contributed by atoms with Crippen molar-refractivity contribution >= 4 is 19.7 Å². The van der Waals surface area contributed by atoms with Crippen molar-refractivity contribution in [2.24, 2.45) is 0 Å². The Labute approximate surface area is 65.6 Å². The molecular weight excluding hydrogens is 172 g/mol. The lowest BCUT2D eigenvalue weighted by Gasteiger charge is -1.82. The summed E-state index contributed by atoms with van der Waals surface area (Å²) >= 11 is 0. The molecule has 0 aliphatic carbocycles. The van der Waals surface area contributed by atoms with E-state index in [4.69, 9.17) is 10.7 Å². The van der Waals surface area contributed by atoms with E-state index >= 15 is 0 Å². The van der Waals surface area contributed by atoms with E-state index in [1.807, 2.05) is 6.92 Å². The van der Waals surface area contributed by atoms with Crippen molar-refractivity contribution in [2.45, 2.75) is 6.92 Å². The molecule has 2 nitrogen and oxygen atoms in total. The van der Waals surface area contributed by atoms with Crippen molar-refractivity contribution in [1.82, 2.24) is 0 Å². The number of hydrogen-bond acceptors (Lipinski definition) is 2. The normalized spacial score (nSPS) is 13.4. The van der Waals surface area contributed by atoms with Crippen LogP contribution >= 0.6 is 10.7 Å². The minimum absolute atomic E-state index is 0.112. The van der Waals surface area contributed by atoms with E-state index in [2.05, 4.69) is 0 Å². The molecule has 58 valence electrons. The van der Waals surface area contributed by atoms with Gasteiger partial charge in [0.05, 0.1) is 5.75 Å². The first-order valence-corrected chi connectivity index (χ1v) is 5.24. The number of allylic oxidation sites excluding steroid dienone is 3. The van der Waals surface area contributed by atoms with Gasteiger partial charge >= 0.3 is 0 Å². The highest BCUT2D eigenvalue weighted by molar-refractivity contribution is 8.13. The smallest absolute Gasteiger partial charge is 0.212 e. The van der Waals surface area contributed by atoms with Crippen molar-refractivity contribution in [3.05, 3.63) is 24.3 Å². The first kappa shape index (κ1) is 9.72. The van der Waals surface area contributed by atoms with Crippen LogP contribution in [0.15, 0.2) is 24.3 Å². The number of hydrogen-bond donors (Lipinski definition) is 0. The van der Waals surface area contributed by atoms with E-state index in [0.717, 1.165) is 0 Å². The first-order chi connectivity index (χ1) is 4.56. The molecule has 10 heavy (non-hydrogen) atoms. The lowest BCUT2D eigenvalue weighted by Crippen LogP contribution is -1.91. The highest BCUT2D eigenvalue weighted by Gasteiger charge is 1.98.